The third-order valence-corrected chi connectivity index (χ3v) is 2.20. The Bertz CT molecular complexity index is 267. The molecule has 1 saturated heterocycles. The van der Waals surface area contributed by atoms with Crippen molar-refractivity contribution in [1.82, 2.24) is 10.3 Å². The molecule has 0 bridgehead atoms. The molecule has 1 aromatic rings. The minimum atomic E-state index is -0.168. The van der Waals surface area contributed by atoms with Gasteiger partial charge in [0.2, 0.25) is 0 Å². The van der Waals surface area contributed by atoms with Crippen LogP contribution in [0.3, 0.4) is 0 Å². The summed E-state index contributed by atoms with van der Waals surface area (Å²) in [7, 11) is 0. The Morgan fingerprint density at radius 2 is 2.08 bits per heavy atom. The zero-order chi connectivity index (χ0) is 9.10. The number of anilines is 1. The number of nitrogens with one attached hydrogen (secondary N) is 1. The molecule has 0 aliphatic carbocycles. The third kappa shape index (κ3) is 1.89. The quantitative estimate of drug-likeness (QED) is 0.686. The predicted octanol–water partition coefficient (Wildman–Crippen LogP) is 0.635. The number of piperazine rings is 1. The SMILES string of the molecule is [O]c1ccc(N2CCNCC2)cn1. The van der Waals surface area contributed by atoms with Crippen LogP contribution in [-0.4, -0.2) is 31.2 Å². The van der Waals surface area contributed by atoms with E-state index in [0.717, 1.165) is 31.9 Å². The molecule has 1 fully saturated rings. The lowest BCUT2D eigenvalue weighted by molar-refractivity contribution is 0.337. The predicted molar refractivity (Wildman–Crippen MR) is 49.5 cm³/mol. The summed E-state index contributed by atoms with van der Waals surface area (Å²) in [4.78, 5) is 5.96. The van der Waals surface area contributed by atoms with Gasteiger partial charge in [-0.2, -0.15) is 0 Å². The van der Waals surface area contributed by atoms with Gasteiger partial charge in [-0.15, -0.1) is 0 Å². The number of nitrogens with zero attached hydrogens (tertiary/aromatic N) is 2. The summed E-state index contributed by atoms with van der Waals surface area (Å²) in [6, 6.07) is 3.35. The fourth-order valence-corrected chi connectivity index (χ4v) is 1.48. The molecule has 0 atom stereocenters. The highest BCUT2D eigenvalue weighted by Gasteiger charge is 2.10. The molecule has 0 amide bonds. The van der Waals surface area contributed by atoms with E-state index in [0.29, 0.717) is 0 Å². The zero-order valence-corrected chi connectivity index (χ0v) is 7.36. The number of pyridine rings is 1. The minimum Gasteiger partial charge on any atom is -0.368 e. The first kappa shape index (κ1) is 8.31. The molecule has 4 heteroatoms. The molecule has 0 unspecified atom stereocenters. The summed E-state index contributed by atoms with van der Waals surface area (Å²) in [5.41, 5.74) is 1.04. The summed E-state index contributed by atoms with van der Waals surface area (Å²) < 4.78 is 0. The lowest BCUT2D eigenvalue weighted by Crippen LogP contribution is -2.43. The second kappa shape index (κ2) is 3.62. The van der Waals surface area contributed by atoms with Gasteiger partial charge in [0, 0.05) is 32.2 Å². The molecule has 0 spiro atoms. The van der Waals surface area contributed by atoms with Crippen molar-refractivity contribution in [2.45, 2.75) is 0 Å². The normalized spacial score (nSPS) is 17.4. The van der Waals surface area contributed by atoms with Crippen LogP contribution in [0.4, 0.5) is 5.69 Å². The maximum absolute atomic E-state index is 10.8. The van der Waals surface area contributed by atoms with Crippen LogP contribution < -0.4 is 10.2 Å². The van der Waals surface area contributed by atoms with Crippen molar-refractivity contribution in [3.63, 3.8) is 0 Å². The van der Waals surface area contributed by atoms with Crippen molar-refractivity contribution in [3.05, 3.63) is 18.3 Å². The van der Waals surface area contributed by atoms with E-state index < -0.39 is 0 Å². The highest BCUT2D eigenvalue weighted by Crippen LogP contribution is 2.15. The molecule has 0 aromatic carbocycles. The molecule has 69 valence electrons. The van der Waals surface area contributed by atoms with E-state index in [1.54, 1.807) is 6.20 Å². The average molecular weight is 178 g/mol. The molecule has 4 nitrogen and oxygen atoms in total. The summed E-state index contributed by atoms with van der Waals surface area (Å²) in [5, 5.41) is 14.0. The van der Waals surface area contributed by atoms with Crippen LogP contribution in [0.25, 0.3) is 0 Å². The van der Waals surface area contributed by atoms with Gasteiger partial charge >= 0.3 is 0 Å². The van der Waals surface area contributed by atoms with E-state index in [2.05, 4.69) is 15.2 Å². The van der Waals surface area contributed by atoms with Crippen molar-refractivity contribution in [2.24, 2.45) is 0 Å². The van der Waals surface area contributed by atoms with Crippen LogP contribution in [0.1, 0.15) is 0 Å². The van der Waals surface area contributed by atoms with E-state index in [-0.39, 0.29) is 5.88 Å². The second-order valence-corrected chi connectivity index (χ2v) is 3.09. The number of aromatic nitrogens is 1. The second-order valence-electron chi connectivity index (χ2n) is 3.09. The summed E-state index contributed by atoms with van der Waals surface area (Å²) >= 11 is 0. The highest BCUT2D eigenvalue weighted by atomic mass is 16.3. The Balaban J connectivity index is 2.10. The highest BCUT2D eigenvalue weighted by molar-refractivity contribution is 5.45. The van der Waals surface area contributed by atoms with E-state index >= 15 is 0 Å². The molecular weight excluding hydrogens is 166 g/mol. The van der Waals surface area contributed by atoms with Gasteiger partial charge in [-0.3, -0.25) is 5.11 Å². The first-order chi connectivity index (χ1) is 6.36. The first-order valence-corrected chi connectivity index (χ1v) is 4.45. The average Bonchev–Trinajstić information content (AvgIpc) is 2.20. The van der Waals surface area contributed by atoms with Crippen LogP contribution in [0.15, 0.2) is 18.3 Å². The smallest absolute Gasteiger partial charge is 0.269 e. The molecule has 1 aromatic heterocycles. The Kier molecular flexibility index (Phi) is 2.31. The summed E-state index contributed by atoms with van der Waals surface area (Å²) in [5.74, 6) is -0.168. The van der Waals surface area contributed by atoms with Crippen LogP contribution in [0.2, 0.25) is 0 Å². The number of rotatable bonds is 1. The molecule has 0 saturated carbocycles. The van der Waals surface area contributed by atoms with Gasteiger partial charge in [-0.05, 0) is 6.07 Å². The van der Waals surface area contributed by atoms with Crippen molar-refractivity contribution in [2.75, 3.05) is 31.1 Å². The van der Waals surface area contributed by atoms with Gasteiger partial charge in [-0.25, -0.2) is 4.98 Å². The maximum Gasteiger partial charge on any atom is 0.269 e. The largest absolute Gasteiger partial charge is 0.368 e. The standard InChI is InChI=1S/C9H12N3O/c13-9-2-1-8(7-11-9)12-5-3-10-4-6-12/h1-2,7,10H,3-6H2. The van der Waals surface area contributed by atoms with Gasteiger partial charge in [0.15, 0.2) is 0 Å². The van der Waals surface area contributed by atoms with Crippen LogP contribution >= 0.6 is 0 Å². The molecular formula is C9H12N3O. The monoisotopic (exact) mass is 178 g/mol. The molecule has 2 heterocycles. The van der Waals surface area contributed by atoms with Gasteiger partial charge in [0.1, 0.15) is 0 Å². The third-order valence-electron chi connectivity index (χ3n) is 2.20. The van der Waals surface area contributed by atoms with Crippen LogP contribution in [-0.2, 0) is 5.11 Å². The topological polar surface area (TPSA) is 48.1 Å². The van der Waals surface area contributed by atoms with Crippen molar-refractivity contribution in [3.8, 4) is 5.88 Å². The molecule has 13 heavy (non-hydrogen) atoms. The van der Waals surface area contributed by atoms with E-state index in [4.69, 9.17) is 0 Å². The van der Waals surface area contributed by atoms with Crippen molar-refractivity contribution >= 4 is 5.69 Å². The van der Waals surface area contributed by atoms with Crippen molar-refractivity contribution in [1.29, 1.82) is 0 Å². The molecule has 1 radical (unpaired) electrons. The zero-order valence-electron chi connectivity index (χ0n) is 7.36. The van der Waals surface area contributed by atoms with Gasteiger partial charge in [0.05, 0.1) is 11.9 Å². The fourth-order valence-electron chi connectivity index (χ4n) is 1.48. The first-order valence-electron chi connectivity index (χ1n) is 4.45. The van der Waals surface area contributed by atoms with Crippen molar-refractivity contribution < 1.29 is 5.11 Å². The molecule has 2 rings (SSSR count). The Morgan fingerprint density at radius 1 is 1.31 bits per heavy atom. The van der Waals surface area contributed by atoms with E-state index in [1.165, 1.54) is 6.07 Å². The number of hydrogen-bond donors (Lipinski definition) is 1. The Labute approximate surface area is 77.2 Å². The number of hydrogen-bond acceptors (Lipinski definition) is 3. The summed E-state index contributed by atoms with van der Waals surface area (Å²) in [6.07, 6.45) is 1.65. The molecule has 1 N–H and O–H groups in total. The molecule has 1 aliphatic rings. The fraction of sp³-hybridized carbons (Fsp3) is 0.444. The Hall–Kier alpha value is -1.29. The van der Waals surface area contributed by atoms with Crippen LogP contribution in [0.5, 0.6) is 5.88 Å². The minimum absolute atomic E-state index is 0.168. The van der Waals surface area contributed by atoms with E-state index in [9.17, 15) is 5.11 Å². The van der Waals surface area contributed by atoms with Gasteiger partial charge in [-0.1, -0.05) is 0 Å². The van der Waals surface area contributed by atoms with Gasteiger partial charge < -0.3 is 10.2 Å². The summed E-state index contributed by atoms with van der Waals surface area (Å²) in [6.45, 7) is 3.97. The molecule has 1 aliphatic heterocycles. The Morgan fingerprint density at radius 3 is 2.69 bits per heavy atom. The maximum atomic E-state index is 10.8. The van der Waals surface area contributed by atoms with E-state index in [1.807, 2.05) is 6.07 Å². The van der Waals surface area contributed by atoms with Crippen LogP contribution in [0, 0.1) is 0 Å². The van der Waals surface area contributed by atoms with Gasteiger partial charge in [0.25, 0.3) is 5.88 Å². The lowest BCUT2D eigenvalue weighted by Gasteiger charge is -2.28. The lowest BCUT2D eigenvalue weighted by atomic mass is 10.3.